The lowest BCUT2D eigenvalue weighted by Gasteiger charge is -2.26. The molecule has 0 radical (unpaired) electrons. The van der Waals surface area contributed by atoms with E-state index in [4.69, 9.17) is 10.5 Å². The number of aromatic nitrogens is 4. The summed E-state index contributed by atoms with van der Waals surface area (Å²) >= 11 is 0. The minimum atomic E-state index is -5.02. The first-order valence-corrected chi connectivity index (χ1v) is 8.52. The summed E-state index contributed by atoms with van der Waals surface area (Å²) in [4.78, 5) is 22.7. The van der Waals surface area contributed by atoms with E-state index in [2.05, 4.69) is 25.0 Å². The Balaban J connectivity index is 1.84. The molecule has 1 amide bonds. The minimum absolute atomic E-state index is 0.0620. The van der Waals surface area contributed by atoms with E-state index in [1.165, 1.54) is 17.8 Å². The number of carbonyl (C=O) groups is 1. The number of fused-ring (bicyclic) bond motifs is 1. The topological polar surface area (TPSA) is 158 Å². The SMILES string of the molecule is CC(=O)NCCC(OC(F)(F)F)[C@H]1O[C@@H](n2cnc3c(N)ncnc32)[C@H](O)[C@@H]1O. The smallest absolute Gasteiger partial charge is 0.387 e. The summed E-state index contributed by atoms with van der Waals surface area (Å²) < 4.78 is 49.4. The number of imidazole rings is 1. The fraction of sp³-hybridized carbons (Fsp3) is 0.600. The van der Waals surface area contributed by atoms with Crippen molar-refractivity contribution < 1.29 is 37.7 Å². The molecular weight excluding hydrogens is 401 g/mol. The van der Waals surface area contributed by atoms with Gasteiger partial charge >= 0.3 is 6.36 Å². The first-order chi connectivity index (χ1) is 13.6. The van der Waals surface area contributed by atoms with Gasteiger partial charge in [0.1, 0.15) is 30.2 Å². The van der Waals surface area contributed by atoms with E-state index in [0.717, 1.165) is 6.33 Å². The zero-order chi connectivity index (χ0) is 21.3. The number of nitrogens with one attached hydrogen (secondary N) is 1. The normalized spacial score (nSPS) is 26.0. The van der Waals surface area contributed by atoms with Crippen molar-refractivity contribution in [3.05, 3.63) is 12.7 Å². The number of nitrogens with zero attached hydrogens (tertiary/aromatic N) is 4. The molecule has 1 saturated heterocycles. The van der Waals surface area contributed by atoms with Crippen molar-refractivity contribution in [2.75, 3.05) is 12.3 Å². The van der Waals surface area contributed by atoms with Crippen molar-refractivity contribution in [1.29, 1.82) is 0 Å². The van der Waals surface area contributed by atoms with Crippen LogP contribution in [0.3, 0.4) is 0 Å². The Kier molecular flexibility index (Phi) is 5.88. The number of aliphatic hydroxyl groups is 2. The van der Waals surface area contributed by atoms with Crippen LogP contribution in [0.15, 0.2) is 12.7 Å². The highest BCUT2D eigenvalue weighted by atomic mass is 19.4. The molecule has 1 aliphatic heterocycles. The van der Waals surface area contributed by atoms with Gasteiger partial charge in [0.05, 0.1) is 12.4 Å². The van der Waals surface area contributed by atoms with E-state index in [-0.39, 0.29) is 29.9 Å². The Morgan fingerprint density at radius 1 is 1.38 bits per heavy atom. The second kappa shape index (κ2) is 8.06. The third kappa shape index (κ3) is 4.55. The third-order valence-electron chi connectivity index (χ3n) is 4.39. The predicted molar refractivity (Wildman–Crippen MR) is 89.9 cm³/mol. The van der Waals surface area contributed by atoms with Crippen LogP contribution in [-0.4, -0.2) is 73.0 Å². The molecule has 0 aliphatic carbocycles. The number of ether oxygens (including phenoxy) is 2. The molecule has 0 bridgehead atoms. The number of anilines is 1. The number of nitrogens with two attached hydrogens (primary N) is 1. The van der Waals surface area contributed by atoms with E-state index in [0.29, 0.717) is 0 Å². The Hall–Kier alpha value is -2.55. The summed E-state index contributed by atoms with van der Waals surface area (Å²) in [6, 6.07) is 0. The van der Waals surface area contributed by atoms with Crippen molar-refractivity contribution in [2.45, 2.75) is 50.4 Å². The number of aliphatic hydroxyl groups excluding tert-OH is 2. The first-order valence-electron chi connectivity index (χ1n) is 8.52. The standard InChI is InChI=1S/C15H19F3N6O5/c1-6(25)20-3-2-7(29-15(16,17)18)11-9(26)10(27)14(28-11)24-5-23-8-12(19)21-4-22-13(8)24/h4-5,7,9-11,14,26-27H,2-3H2,1H3,(H,20,25)(H2,19,21,22)/t7?,9-,10+,11+,14+/m0/s1. The average Bonchev–Trinajstić information content (AvgIpc) is 3.16. The van der Waals surface area contributed by atoms with Crippen molar-refractivity contribution in [3.8, 4) is 0 Å². The lowest BCUT2D eigenvalue weighted by Crippen LogP contribution is -2.44. The number of alkyl halides is 3. The van der Waals surface area contributed by atoms with Gasteiger partial charge in [-0.3, -0.25) is 14.1 Å². The maximum atomic E-state index is 12.8. The monoisotopic (exact) mass is 420 g/mol. The highest BCUT2D eigenvalue weighted by molar-refractivity contribution is 5.81. The predicted octanol–water partition coefficient (Wildman–Crippen LogP) is -0.541. The maximum Gasteiger partial charge on any atom is 0.522 e. The van der Waals surface area contributed by atoms with Gasteiger partial charge in [-0.2, -0.15) is 0 Å². The largest absolute Gasteiger partial charge is 0.522 e. The van der Waals surface area contributed by atoms with Crippen molar-refractivity contribution in [1.82, 2.24) is 24.8 Å². The molecule has 0 spiro atoms. The van der Waals surface area contributed by atoms with Crippen LogP contribution in [0.2, 0.25) is 0 Å². The molecule has 3 rings (SSSR count). The molecule has 1 unspecified atom stereocenters. The summed E-state index contributed by atoms with van der Waals surface area (Å²) in [5, 5.41) is 23.1. The van der Waals surface area contributed by atoms with Gasteiger partial charge in [-0.25, -0.2) is 15.0 Å². The second-order valence-corrected chi connectivity index (χ2v) is 6.43. The molecule has 3 heterocycles. The molecule has 160 valence electrons. The van der Waals surface area contributed by atoms with Gasteiger partial charge in [0, 0.05) is 13.5 Å². The molecule has 29 heavy (non-hydrogen) atoms. The Labute approximate surface area is 161 Å². The van der Waals surface area contributed by atoms with Gasteiger partial charge in [-0.1, -0.05) is 0 Å². The Bertz CT molecular complexity index is 878. The number of hydrogen-bond acceptors (Lipinski definition) is 9. The van der Waals surface area contributed by atoms with Crippen molar-refractivity contribution >= 4 is 22.9 Å². The van der Waals surface area contributed by atoms with Gasteiger partial charge in [-0.15, -0.1) is 13.2 Å². The molecular formula is C15H19F3N6O5. The van der Waals surface area contributed by atoms with Crippen molar-refractivity contribution in [2.24, 2.45) is 0 Å². The van der Waals surface area contributed by atoms with Crippen LogP contribution in [-0.2, 0) is 14.3 Å². The molecule has 1 fully saturated rings. The zero-order valence-electron chi connectivity index (χ0n) is 15.1. The van der Waals surface area contributed by atoms with Crippen molar-refractivity contribution in [3.63, 3.8) is 0 Å². The third-order valence-corrected chi connectivity index (χ3v) is 4.39. The van der Waals surface area contributed by atoms with Gasteiger partial charge < -0.3 is 26.0 Å². The summed E-state index contributed by atoms with van der Waals surface area (Å²) in [5.74, 6) is -0.379. The van der Waals surface area contributed by atoms with E-state index in [1.807, 2.05) is 0 Å². The van der Waals surface area contributed by atoms with Crippen LogP contribution in [0.4, 0.5) is 19.0 Å². The Morgan fingerprint density at radius 2 is 2.10 bits per heavy atom. The number of nitrogen functional groups attached to an aromatic ring is 1. The van der Waals surface area contributed by atoms with Crippen LogP contribution < -0.4 is 11.1 Å². The van der Waals surface area contributed by atoms with E-state index in [1.54, 1.807) is 0 Å². The molecule has 14 heteroatoms. The van der Waals surface area contributed by atoms with E-state index >= 15 is 0 Å². The molecule has 1 aliphatic rings. The maximum absolute atomic E-state index is 12.8. The fourth-order valence-electron chi connectivity index (χ4n) is 3.13. The van der Waals surface area contributed by atoms with E-state index < -0.39 is 42.9 Å². The highest BCUT2D eigenvalue weighted by Crippen LogP contribution is 2.36. The number of hydrogen-bond donors (Lipinski definition) is 4. The molecule has 11 nitrogen and oxygen atoms in total. The molecule has 0 saturated carbocycles. The first kappa shape index (κ1) is 21.2. The summed E-state index contributed by atoms with van der Waals surface area (Å²) in [6.07, 6.45) is -10.8. The highest BCUT2D eigenvalue weighted by Gasteiger charge is 2.50. The minimum Gasteiger partial charge on any atom is -0.387 e. The van der Waals surface area contributed by atoms with Crippen LogP contribution in [0.5, 0.6) is 0 Å². The summed E-state index contributed by atoms with van der Waals surface area (Å²) in [7, 11) is 0. The van der Waals surface area contributed by atoms with Gasteiger partial charge in [-0.05, 0) is 6.42 Å². The quantitative estimate of drug-likeness (QED) is 0.482. The molecule has 0 aromatic carbocycles. The number of rotatable bonds is 6. The zero-order valence-corrected chi connectivity index (χ0v) is 15.1. The summed E-state index contributed by atoms with van der Waals surface area (Å²) in [5.41, 5.74) is 6.07. The summed E-state index contributed by atoms with van der Waals surface area (Å²) in [6.45, 7) is 1.05. The van der Waals surface area contributed by atoms with Crippen LogP contribution in [0.1, 0.15) is 19.6 Å². The van der Waals surface area contributed by atoms with Crippen LogP contribution in [0.25, 0.3) is 11.2 Å². The van der Waals surface area contributed by atoms with Gasteiger partial charge in [0.15, 0.2) is 17.7 Å². The van der Waals surface area contributed by atoms with Gasteiger partial charge in [0.2, 0.25) is 5.91 Å². The van der Waals surface area contributed by atoms with E-state index in [9.17, 15) is 28.2 Å². The molecule has 2 aromatic heterocycles. The number of halogens is 3. The molecule has 2 aromatic rings. The molecule has 5 N–H and O–H groups in total. The van der Waals surface area contributed by atoms with Crippen LogP contribution >= 0.6 is 0 Å². The van der Waals surface area contributed by atoms with Crippen LogP contribution in [0, 0.1) is 0 Å². The number of amides is 1. The Morgan fingerprint density at radius 3 is 2.76 bits per heavy atom. The fourth-order valence-corrected chi connectivity index (χ4v) is 3.13. The lowest BCUT2D eigenvalue weighted by atomic mass is 10.0. The number of carbonyl (C=O) groups excluding carboxylic acids is 1. The second-order valence-electron chi connectivity index (χ2n) is 6.43. The van der Waals surface area contributed by atoms with Gasteiger partial charge in [0.25, 0.3) is 0 Å². The lowest BCUT2D eigenvalue weighted by molar-refractivity contribution is -0.355. The molecule has 5 atom stereocenters. The average molecular weight is 420 g/mol.